The molecule has 0 aromatic heterocycles. The van der Waals surface area contributed by atoms with Crippen LogP contribution in [0.3, 0.4) is 0 Å². The summed E-state index contributed by atoms with van der Waals surface area (Å²) in [4.78, 5) is 36.0. The molecule has 9 nitrogen and oxygen atoms in total. The standard InChI is InChI=1S/C84H152NO8P/c1-6-8-10-12-14-16-18-20-22-24-26-28-30-32-34-36-38-39-40-41-42-43-44-45-47-48-50-52-54-56-58-60-62-64-66-68-70-72-74-76-83(86)90-80-82(81-92-94(88,89)91-79-78-85(3,4)5)93-84(87)77-75-73-71-69-67-65-63-61-59-57-55-53-51-49-46-37-35-33-31-29-27-25-23-21-19-17-15-13-11-9-7-2/h9,11,15,17-18,20-21,23-24,26-27,29,33,35,46,49,82H,6-8,10,12-14,16,19,22,25,28,30-32,34,36-45,47-48,50-81H2,1-5H3/p+1/b11-9-,17-15-,20-18-,23-21-,26-24-,29-27-,35-33-,49-46-. The van der Waals surface area contributed by atoms with Crippen molar-refractivity contribution in [2.45, 2.75) is 380 Å². The van der Waals surface area contributed by atoms with Crippen LogP contribution in [0.25, 0.3) is 0 Å². The Hall–Kier alpha value is -3.07. The van der Waals surface area contributed by atoms with Gasteiger partial charge in [0.1, 0.15) is 19.8 Å². The molecule has 0 aliphatic carbocycles. The average Bonchev–Trinajstić information content (AvgIpc) is 1.66. The molecule has 0 radical (unpaired) electrons. The molecule has 1 N–H and O–H groups in total. The first kappa shape index (κ1) is 90.9. The summed E-state index contributed by atoms with van der Waals surface area (Å²) >= 11 is 0. The minimum absolute atomic E-state index is 0.0299. The van der Waals surface area contributed by atoms with Gasteiger partial charge >= 0.3 is 19.8 Å². The second-order valence-corrected chi connectivity index (χ2v) is 29.5. The first-order valence-corrected chi connectivity index (χ1v) is 41.5. The van der Waals surface area contributed by atoms with E-state index in [2.05, 4.69) is 111 Å². The molecule has 0 heterocycles. The van der Waals surface area contributed by atoms with Crippen LogP contribution < -0.4 is 0 Å². The Bertz CT molecular complexity index is 1910. The Morgan fingerprint density at radius 3 is 0.904 bits per heavy atom. The highest BCUT2D eigenvalue weighted by molar-refractivity contribution is 7.47. The highest BCUT2D eigenvalue weighted by Crippen LogP contribution is 2.43. The van der Waals surface area contributed by atoms with Gasteiger partial charge in [-0.2, -0.15) is 0 Å². The molecule has 546 valence electrons. The summed E-state index contributed by atoms with van der Waals surface area (Å²) in [6, 6.07) is 0. The van der Waals surface area contributed by atoms with Gasteiger partial charge in [-0.3, -0.25) is 18.6 Å². The van der Waals surface area contributed by atoms with Crippen LogP contribution in [0, 0.1) is 0 Å². The second kappa shape index (κ2) is 74.2. The number of carbonyl (C=O) groups is 2. The third-order valence-corrected chi connectivity index (χ3v) is 18.6. The number of carbonyl (C=O) groups excluding carboxylic acids is 2. The van der Waals surface area contributed by atoms with E-state index in [1.807, 2.05) is 21.1 Å². The van der Waals surface area contributed by atoms with Gasteiger partial charge in [-0.1, -0.05) is 361 Å². The Labute approximate surface area is 583 Å². The zero-order chi connectivity index (χ0) is 68.3. The van der Waals surface area contributed by atoms with Crippen LogP contribution in [-0.2, 0) is 32.7 Å². The maximum Gasteiger partial charge on any atom is 0.472 e. The highest BCUT2D eigenvalue weighted by Gasteiger charge is 2.27. The maximum absolute atomic E-state index is 12.9. The van der Waals surface area contributed by atoms with Gasteiger partial charge < -0.3 is 18.9 Å². The van der Waals surface area contributed by atoms with Crippen molar-refractivity contribution < 1.29 is 42.1 Å². The van der Waals surface area contributed by atoms with Crippen LogP contribution in [0.5, 0.6) is 0 Å². The van der Waals surface area contributed by atoms with E-state index in [1.54, 1.807) is 0 Å². The molecule has 0 saturated heterocycles. The van der Waals surface area contributed by atoms with Crippen molar-refractivity contribution in [2.24, 2.45) is 0 Å². The third kappa shape index (κ3) is 77.9. The van der Waals surface area contributed by atoms with E-state index < -0.39 is 26.5 Å². The van der Waals surface area contributed by atoms with Crippen LogP contribution in [0.1, 0.15) is 373 Å². The van der Waals surface area contributed by atoms with Crippen LogP contribution in [0.4, 0.5) is 0 Å². The number of allylic oxidation sites excluding steroid dienone is 16. The van der Waals surface area contributed by atoms with Crippen molar-refractivity contribution in [1.82, 2.24) is 0 Å². The van der Waals surface area contributed by atoms with Gasteiger partial charge in [0.25, 0.3) is 0 Å². The molecular formula is C84H153NO8P+. The molecule has 0 aromatic carbocycles. The Morgan fingerprint density at radius 2 is 0.606 bits per heavy atom. The largest absolute Gasteiger partial charge is 0.472 e. The minimum atomic E-state index is -4.40. The average molecular weight is 1340 g/mol. The number of likely N-dealkylation sites (N-methyl/N-ethyl adjacent to an activating group) is 1. The van der Waals surface area contributed by atoms with E-state index in [0.717, 1.165) is 83.5 Å². The smallest absolute Gasteiger partial charge is 0.462 e. The molecule has 0 aliphatic heterocycles. The quantitative estimate of drug-likeness (QED) is 0.0211. The van der Waals surface area contributed by atoms with Gasteiger partial charge in [0, 0.05) is 12.8 Å². The molecule has 2 unspecified atom stereocenters. The molecule has 10 heteroatoms. The van der Waals surface area contributed by atoms with Gasteiger partial charge in [-0.05, 0) is 96.3 Å². The Balaban J connectivity index is 3.93. The number of phosphoric ester groups is 1. The van der Waals surface area contributed by atoms with Crippen LogP contribution in [0.2, 0.25) is 0 Å². The minimum Gasteiger partial charge on any atom is -0.462 e. The lowest BCUT2D eigenvalue weighted by atomic mass is 10.0. The lowest BCUT2D eigenvalue weighted by Gasteiger charge is -2.24. The van der Waals surface area contributed by atoms with E-state index in [4.69, 9.17) is 18.5 Å². The summed E-state index contributed by atoms with van der Waals surface area (Å²) in [5.74, 6) is -0.786. The maximum atomic E-state index is 12.9. The van der Waals surface area contributed by atoms with E-state index >= 15 is 0 Å². The zero-order valence-electron chi connectivity index (χ0n) is 62.4. The first-order valence-electron chi connectivity index (χ1n) is 40.0. The van der Waals surface area contributed by atoms with Crippen molar-refractivity contribution in [3.05, 3.63) is 97.2 Å². The van der Waals surface area contributed by atoms with Crippen molar-refractivity contribution in [3.8, 4) is 0 Å². The number of quaternary nitrogens is 1. The number of rotatable bonds is 74. The summed E-state index contributed by atoms with van der Waals surface area (Å²) in [5.41, 5.74) is 0. The number of hydrogen-bond donors (Lipinski definition) is 1. The molecule has 0 amide bonds. The van der Waals surface area contributed by atoms with Crippen molar-refractivity contribution in [2.75, 3.05) is 47.5 Å². The second-order valence-electron chi connectivity index (χ2n) is 28.1. The van der Waals surface area contributed by atoms with Crippen LogP contribution in [0.15, 0.2) is 97.2 Å². The number of nitrogens with zero attached hydrogens (tertiary/aromatic N) is 1. The van der Waals surface area contributed by atoms with Crippen molar-refractivity contribution in [1.29, 1.82) is 0 Å². The van der Waals surface area contributed by atoms with E-state index in [-0.39, 0.29) is 32.0 Å². The van der Waals surface area contributed by atoms with Crippen LogP contribution >= 0.6 is 7.82 Å². The molecule has 2 atom stereocenters. The summed E-state index contributed by atoms with van der Waals surface area (Å²) in [7, 11) is 1.48. The van der Waals surface area contributed by atoms with Gasteiger partial charge in [0.2, 0.25) is 0 Å². The molecule has 0 spiro atoms. The van der Waals surface area contributed by atoms with Gasteiger partial charge in [0.05, 0.1) is 27.7 Å². The fourth-order valence-electron chi connectivity index (χ4n) is 11.5. The van der Waals surface area contributed by atoms with E-state index in [9.17, 15) is 19.0 Å². The molecule has 0 aromatic rings. The number of esters is 2. The summed E-state index contributed by atoms with van der Waals surface area (Å²) < 4.78 is 34.8. The monoisotopic (exact) mass is 1340 g/mol. The third-order valence-electron chi connectivity index (χ3n) is 17.6. The summed E-state index contributed by atoms with van der Waals surface area (Å²) in [6.07, 6.45) is 104. The van der Waals surface area contributed by atoms with E-state index in [0.29, 0.717) is 17.4 Å². The normalized spacial score (nSPS) is 13.6. The van der Waals surface area contributed by atoms with Gasteiger partial charge in [0.15, 0.2) is 6.10 Å². The lowest BCUT2D eigenvalue weighted by Crippen LogP contribution is -2.37. The zero-order valence-corrected chi connectivity index (χ0v) is 63.3. The Kier molecular flexibility index (Phi) is 71.7. The van der Waals surface area contributed by atoms with Crippen LogP contribution in [-0.4, -0.2) is 74.9 Å². The lowest BCUT2D eigenvalue weighted by molar-refractivity contribution is -0.870. The highest BCUT2D eigenvalue weighted by atomic mass is 31.2. The number of phosphoric acid groups is 1. The SMILES string of the molecule is CC/C=C\C/C=C\C/C=C\C/C=C\C/C=C\C/C=C\CCCCCCCCCCCCCCC(=O)OC(COC(=O)CCCCCCCCCCCCCCCCCCCCCCCCCCCCC/C=C\C/C=C\CCCCCCC)COP(=O)(O)OCC[N+](C)(C)C. The van der Waals surface area contributed by atoms with Crippen molar-refractivity contribution in [3.63, 3.8) is 0 Å². The molecule has 0 rings (SSSR count). The van der Waals surface area contributed by atoms with Crippen molar-refractivity contribution >= 4 is 19.8 Å². The fourth-order valence-corrected chi connectivity index (χ4v) is 12.3. The van der Waals surface area contributed by atoms with E-state index in [1.165, 1.54) is 257 Å². The predicted octanol–water partition coefficient (Wildman–Crippen LogP) is 26.6. The Morgan fingerprint density at radius 1 is 0.340 bits per heavy atom. The van der Waals surface area contributed by atoms with Gasteiger partial charge in [-0.25, -0.2) is 4.57 Å². The number of ether oxygens (including phenoxy) is 2. The molecule has 0 bridgehead atoms. The van der Waals surface area contributed by atoms with Gasteiger partial charge in [-0.15, -0.1) is 0 Å². The molecular weight excluding hydrogens is 1180 g/mol. The number of unbranched alkanes of at least 4 members (excludes halogenated alkanes) is 44. The molecule has 0 fully saturated rings. The summed E-state index contributed by atoms with van der Waals surface area (Å²) in [6.45, 7) is 4.35. The fraction of sp³-hybridized carbons (Fsp3) is 0.786. The summed E-state index contributed by atoms with van der Waals surface area (Å²) in [5, 5.41) is 0. The predicted molar refractivity (Wildman–Crippen MR) is 408 cm³/mol. The molecule has 0 aliphatic rings. The molecule has 0 saturated carbocycles. The number of hydrogen-bond acceptors (Lipinski definition) is 7. The topological polar surface area (TPSA) is 108 Å². The first-order chi connectivity index (χ1) is 46.0. The molecule has 94 heavy (non-hydrogen) atoms.